The fourth-order valence-electron chi connectivity index (χ4n) is 4.94. The van der Waals surface area contributed by atoms with Gasteiger partial charge < -0.3 is 20.3 Å². The number of benzene rings is 2. The Balaban J connectivity index is 1.50. The summed E-state index contributed by atoms with van der Waals surface area (Å²) in [6.07, 6.45) is 4.75. The molecule has 2 aromatic rings. The van der Waals surface area contributed by atoms with Crippen molar-refractivity contribution in [1.82, 2.24) is 15.5 Å². The minimum Gasteiger partial charge on any atom is -0.445 e. The van der Waals surface area contributed by atoms with Crippen LogP contribution in [0.15, 0.2) is 60.7 Å². The van der Waals surface area contributed by atoms with Gasteiger partial charge in [-0.15, -0.1) is 0 Å². The molecule has 0 unspecified atom stereocenters. The number of carbonyl (C=O) groups excluding carboxylic acids is 3. The van der Waals surface area contributed by atoms with Gasteiger partial charge in [-0.3, -0.25) is 9.59 Å². The Bertz CT molecular complexity index is 1030. The van der Waals surface area contributed by atoms with Crippen LogP contribution in [0.5, 0.6) is 0 Å². The number of rotatable bonds is 12. The zero-order chi connectivity index (χ0) is 28.1. The number of carbonyl (C=O) groups is 3. The van der Waals surface area contributed by atoms with E-state index in [4.69, 9.17) is 4.74 Å². The lowest BCUT2D eigenvalue weighted by Crippen LogP contribution is -2.51. The molecule has 1 fully saturated rings. The van der Waals surface area contributed by atoms with Crippen molar-refractivity contribution in [2.75, 3.05) is 19.6 Å². The third-order valence-electron chi connectivity index (χ3n) is 7.03. The van der Waals surface area contributed by atoms with Crippen molar-refractivity contribution in [3.63, 3.8) is 0 Å². The predicted octanol–water partition coefficient (Wildman–Crippen LogP) is 5.49. The zero-order valence-electron chi connectivity index (χ0n) is 23.8. The summed E-state index contributed by atoms with van der Waals surface area (Å²) >= 11 is 0. The van der Waals surface area contributed by atoms with Gasteiger partial charge in [0.15, 0.2) is 0 Å². The fourth-order valence-corrected chi connectivity index (χ4v) is 4.94. The Labute approximate surface area is 233 Å². The summed E-state index contributed by atoms with van der Waals surface area (Å²) < 4.78 is 5.41. The van der Waals surface area contributed by atoms with Crippen LogP contribution in [-0.4, -0.2) is 48.5 Å². The van der Waals surface area contributed by atoms with E-state index >= 15 is 0 Å². The average molecular weight is 536 g/mol. The standard InChI is InChI=1S/C32H45N3O4/c1-32(2,3)23-29(36)33-19-11-10-16-28(34-31(38)39-24-27-14-8-5-9-15-27)30(37)35-20-17-26(18-21-35)22-25-12-6-4-7-13-25/h4-9,12-15,26,28H,10-11,16-24H2,1-3H3,(H,33,36)(H,34,38)/t28-/m1/s1. The monoisotopic (exact) mass is 535 g/mol. The molecule has 2 aromatic carbocycles. The van der Waals surface area contributed by atoms with Gasteiger partial charge in [0.1, 0.15) is 12.6 Å². The highest BCUT2D eigenvalue weighted by molar-refractivity contribution is 5.85. The molecule has 3 amide bonds. The van der Waals surface area contributed by atoms with E-state index in [1.54, 1.807) is 0 Å². The van der Waals surface area contributed by atoms with Crippen LogP contribution in [0.3, 0.4) is 0 Å². The second-order valence-corrected chi connectivity index (χ2v) is 11.8. The fraction of sp³-hybridized carbons (Fsp3) is 0.531. The lowest BCUT2D eigenvalue weighted by atomic mass is 9.90. The first kappa shape index (κ1) is 30.2. The van der Waals surface area contributed by atoms with Crippen molar-refractivity contribution in [2.24, 2.45) is 11.3 Å². The number of ether oxygens (including phenoxy) is 1. The van der Waals surface area contributed by atoms with E-state index < -0.39 is 12.1 Å². The molecule has 1 heterocycles. The number of nitrogens with zero attached hydrogens (tertiary/aromatic N) is 1. The van der Waals surface area contributed by atoms with Gasteiger partial charge >= 0.3 is 6.09 Å². The topological polar surface area (TPSA) is 87.7 Å². The molecule has 2 N–H and O–H groups in total. The molecule has 7 nitrogen and oxygen atoms in total. The third-order valence-corrected chi connectivity index (χ3v) is 7.03. The number of piperidine rings is 1. The lowest BCUT2D eigenvalue weighted by Gasteiger charge is -2.34. The van der Waals surface area contributed by atoms with Crippen molar-refractivity contribution >= 4 is 17.9 Å². The summed E-state index contributed by atoms with van der Waals surface area (Å²) in [5.41, 5.74) is 2.17. The van der Waals surface area contributed by atoms with Gasteiger partial charge in [-0.05, 0) is 61.0 Å². The molecule has 212 valence electrons. The van der Waals surface area contributed by atoms with E-state index in [0.29, 0.717) is 44.8 Å². The van der Waals surface area contributed by atoms with Crippen molar-refractivity contribution < 1.29 is 19.1 Å². The van der Waals surface area contributed by atoms with E-state index in [9.17, 15) is 14.4 Å². The molecular formula is C32H45N3O4. The maximum absolute atomic E-state index is 13.5. The maximum Gasteiger partial charge on any atom is 0.408 e. The molecule has 0 saturated carbocycles. The predicted molar refractivity (Wildman–Crippen MR) is 154 cm³/mol. The van der Waals surface area contributed by atoms with Crippen LogP contribution in [-0.2, 0) is 27.4 Å². The number of likely N-dealkylation sites (tertiary alicyclic amines) is 1. The highest BCUT2D eigenvalue weighted by Gasteiger charge is 2.29. The van der Waals surface area contributed by atoms with Crippen molar-refractivity contribution in [3.8, 4) is 0 Å². The second-order valence-electron chi connectivity index (χ2n) is 11.8. The number of hydrogen-bond donors (Lipinski definition) is 2. The Hall–Kier alpha value is -3.35. The highest BCUT2D eigenvalue weighted by Crippen LogP contribution is 2.23. The molecule has 39 heavy (non-hydrogen) atoms. The normalized spacial score (nSPS) is 14.9. The summed E-state index contributed by atoms with van der Waals surface area (Å²) in [4.78, 5) is 40.1. The van der Waals surface area contributed by atoms with Gasteiger partial charge in [-0.25, -0.2) is 4.79 Å². The van der Waals surface area contributed by atoms with Gasteiger partial charge in [-0.1, -0.05) is 81.4 Å². The molecule has 0 spiro atoms. The van der Waals surface area contributed by atoms with E-state index in [0.717, 1.165) is 31.2 Å². The van der Waals surface area contributed by atoms with Crippen molar-refractivity contribution in [2.45, 2.75) is 78.4 Å². The Morgan fingerprint density at radius 1 is 0.923 bits per heavy atom. The first-order valence-corrected chi connectivity index (χ1v) is 14.3. The summed E-state index contributed by atoms with van der Waals surface area (Å²) in [5, 5.41) is 5.79. The average Bonchev–Trinajstić information content (AvgIpc) is 2.91. The quantitative estimate of drug-likeness (QED) is 0.352. The third kappa shape index (κ3) is 11.5. The molecule has 0 aliphatic carbocycles. The van der Waals surface area contributed by atoms with E-state index in [-0.39, 0.29) is 23.8 Å². The van der Waals surface area contributed by atoms with Crippen LogP contribution >= 0.6 is 0 Å². The smallest absolute Gasteiger partial charge is 0.408 e. The zero-order valence-corrected chi connectivity index (χ0v) is 23.8. The molecule has 1 saturated heterocycles. The van der Waals surface area contributed by atoms with Crippen molar-refractivity contribution in [1.29, 1.82) is 0 Å². The lowest BCUT2D eigenvalue weighted by molar-refractivity contribution is -0.135. The number of nitrogens with one attached hydrogen (secondary N) is 2. The number of alkyl carbamates (subject to hydrolysis) is 1. The number of unbranched alkanes of at least 4 members (excludes halogenated alkanes) is 1. The molecule has 0 radical (unpaired) electrons. The molecule has 0 aromatic heterocycles. The molecule has 1 aliphatic rings. The summed E-state index contributed by atoms with van der Waals surface area (Å²) in [6.45, 7) is 8.20. The Kier molecular flexibility index (Phi) is 11.8. The van der Waals surface area contributed by atoms with Gasteiger partial charge in [0.25, 0.3) is 0 Å². The minimum atomic E-state index is -0.649. The van der Waals surface area contributed by atoms with Crippen LogP contribution in [0.25, 0.3) is 0 Å². The second kappa shape index (κ2) is 15.3. The summed E-state index contributed by atoms with van der Waals surface area (Å²) in [5.74, 6) is 0.535. The number of hydrogen-bond acceptors (Lipinski definition) is 4. The van der Waals surface area contributed by atoms with Crippen LogP contribution in [0, 0.1) is 11.3 Å². The Morgan fingerprint density at radius 3 is 2.15 bits per heavy atom. The highest BCUT2D eigenvalue weighted by atomic mass is 16.5. The Morgan fingerprint density at radius 2 is 1.54 bits per heavy atom. The largest absolute Gasteiger partial charge is 0.445 e. The van der Waals surface area contributed by atoms with Crippen LogP contribution < -0.4 is 10.6 Å². The molecule has 0 bridgehead atoms. The molecular weight excluding hydrogens is 490 g/mol. The SMILES string of the molecule is CC(C)(C)CC(=O)NCCCC[C@@H](NC(=O)OCc1ccccc1)C(=O)N1CCC(Cc2ccccc2)CC1. The summed E-state index contributed by atoms with van der Waals surface area (Å²) in [6, 6.07) is 19.3. The van der Waals surface area contributed by atoms with Crippen LogP contribution in [0.4, 0.5) is 4.79 Å². The molecule has 3 rings (SSSR count). The summed E-state index contributed by atoms with van der Waals surface area (Å²) in [7, 11) is 0. The van der Waals surface area contributed by atoms with E-state index in [2.05, 4.69) is 34.9 Å². The van der Waals surface area contributed by atoms with Gasteiger partial charge in [0.2, 0.25) is 11.8 Å². The first-order chi connectivity index (χ1) is 18.7. The maximum atomic E-state index is 13.5. The van der Waals surface area contributed by atoms with Crippen LogP contribution in [0.1, 0.15) is 70.4 Å². The first-order valence-electron chi connectivity index (χ1n) is 14.3. The van der Waals surface area contributed by atoms with Gasteiger partial charge in [0.05, 0.1) is 0 Å². The van der Waals surface area contributed by atoms with Crippen molar-refractivity contribution in [3.05, 3.63) is 71.8 Å². The molecule has 7 heteroatoms. The van der Waals surface area contributed by atoms with Gasteiger partial charge in [-0.2, -0.15) is 0 Å². The molecule has 1 atom stereocenters. The van der Waals surface area contributed by atoms with Crippen LogP contribution in [0.2, 0.25) is 0 Å². The van der Waals surface area contributed by atoms with E-state index in [1.165, 1.54) is 5.56 Å². The minimum absolute atomic E-state index is 0.0381. The van der Waals surface area contributed by atoms with E-state index in [1.807, 2.05) is 62.1 Å². The van der Waals surface area contributed by atoms with Gasteiger partial charge in [0, 0.05) is 26.1 Å². The number of amides is 3. The molecule has 1 aliphatic heterocycles.